The lowest BCUT2D eigenvalue weighted by Gasteiger charge is -2.34. The molecule has 6 heteroatoms. The Balaban J connectivity index is 1.53. The van der Waals surface area contributed by atoms with E-state index in [1.807, 2.05) is 7.05 Å². The lowest BCUT2D eigenvalue weighted by atomic mass is 10.1. The van der Waals surface area contributed by atoms with Gasteiger partial charge in [-0.2, -0.15) is 0 Å². The maximum atomic E-state index is 5.51. The topological polar surface area (TPSA) is 43.3 Å². The van der Waals surface area contributed by atoms with Crippen LogP contribution in [0.25, 0.3) is 0 Å². The van der Waals surface area contributed by atoms with Gasteiger partial charge < -0.3 is 19.9 Å². The van der Waals surface area contributed by atoms with Gasteiger partial charge in [-0.05, 0) is 24.1 Å². The summed E-state index contributed by atoms with van der Waals surface area (Å²) in [6.45, 7) is 12.7. The van der Waals surface area contributed by atoms with Crippen LogP contribution in [0.15, 0.2) is 29.3 Å². The maximum Gasteiger partial charge on any atom is 0.193 e. The lowest BCUT2D eigenvalue weighted by Crippen LogP contribution is -2.45. The van der Waals surface area contributed by atoms with Crippen molar-refractivity contribution in [2.75, 3.05) is 66.6 Å². The SMILES string of the molecule is CCN1CCN(Cc2ccccc2CNC(=NC)N(C)CC2CCOC2)CC1. The summed E-state index contributed by atoms with van der Waals surface area (Å²) in [5, 5.41) is 3.56. The van der Waals surface area contributed by atoms with Crippen LogP contribution in [-0.2, 0) is 17.8 Å². The molecule has 2 saturated heterocycles. The van der Waals surface area contributed by atoms with Gasteiger partial charge in [0, 0.05) is 72.4 Å². The van der Waals surface area contributed by atoms with Crippen molar-refractivity contribution >= 4 is 5.96 Å². The molecule has 0 aliphatic carbocycles. The van der Waals surface area contributed by atoms with Crippen LogP contribution < -0.4 is 5.32 Å². The number of guanidine groups is 1. The molecule has 2 fully saturated rings. The van der Waals surface area contributed by atoms with Gasteiger partial charge in [-0.15, -0.1) is 0 Å². The average molecular weight is 388 g/mol. The average Bonchev–Trinajstić information content (AvgIpc) is 3.23. The minimum Gasteiger partial charge on any atom is -0.381 e. The lowest BCUT2D eigenvalue weighted by molar-refractivity contribution is 0.131. The summed E-state index contributed by atoms with van der Waals surface area (Å²) < 4.78 is 5.51. The Bertz CT molecular complexity index is 621. The summed E-state index contributed by atoms with van der Waals surface area (Å²) in [5.41, 5.74) is 2.78. The molecular formula is C22H37N5O. The van der Waals surface area contributed by atoms with Crippen molar-refractivity contribution in [3.8, 4) is 0 Å². The minimum atomic E-state index is 0.609. The normalized spacial score (nSPS) is 21.8. The van der Waals surface area contributed by atoms with E-state index in [2.05, 4.69) is 63.2 Å². The first kappa shape index (κ1) is 21.1. The predicted molar refractivity (Wildman–Crippen MR) is 116 cm³/mol. The predicted octanol–water partition coefficient (Wildman–Crippen LogP) is 1.87. The van der Waals surface area contributed by atoms with Crippen LogP contribution in [0.4, 0.5) is 0 Å². The number of hydrogen-bond donors (Lipinski definition) is 1. The van der Waals surface area contributed by atoms with E-state index < -0.39 is 0 Å². The first-order valence-electron chi connectivity index (χ1n) is 10.7. The fourth-order valence-electron chi connectivity index (χ4n) is 4.15. The van der Waals surface area contributed by atoms with Crippen LogP contribution in [0.5, 0.6) is 0 Å². The molecule has 6 nitrogen and oxygen atoms in total. The molecule has 0 bridgehead atoms. The fraction of sp³-hybridized carbons (Fsp3) is 0.682. The third-order valence-corrected chi connectivity index (χ3v) is 5.99. The molecule has 2 aliphatic rings. The largest absolute Gasteiger partial charge is 0.381 e. The van der Waals surface area contributed by atoms with Crippen molar-refractivity contribution in [1.29, 1.82) is 0 Å². The Labute approximate surface area is 170 Å². The van der Waals surface area contributed by atoms with Crippen molar-refractivity contribution in [2.45, 2.75) is 26.4 Å². The van der Waals surface area contributed by atoms with Crippen LogP contribution in [0.1, 0.15) is 24.5 Å². The summed E-state index contributed by atoms with van der Waals surface area (Å²) >= 11 is 0. The zero-order chi connectivity index (χ0) is 19.8. The van der Waals surface area contributed by atoms with E-state index in [1.54, 1.807) is 0 Å². The molecule has 1 atom stereocenters. The van der Waals surface area contributed by atoms with Crippen molar-refractivity contribution in [3.05, 3.63) is 35.4 Å². The molecule has 2 heterocycles. The van der Waals surface area contributed by atoms with Gasteiger partial charge in [-0.1, -0.05) is 31.2 Å². The number of ether oxygens (including phenoxy) is 1. The number of piperazine rings is 1. The summed E-state index contributed by atoms with van der Waals surface area (Å²) in [6.07, 6.45) is 1.15. The molecule has 1 N–H and O–H groups in total. The third-order valence-electron chi connectivity index (χ3n) is 5.99. The third kappa shape index (κ3) is 5.93. The molecular weight excluding hydrogens is 350 g/mol. The molecule has 1 unspecified atom stereocenters. The number of hydrogen-bond acceptors (Lipinski definition) is 4. The Morgan fingerprint density at radius 1 is 1.18 bits per heavy atom. The number of likely N-dealkylation sites (N-methyl/N-ethyl adjacent to an activating group) is 1. The molecule has 0 spiro atoms. The van der Waals surface area contributed by atoms with Crippen LogP contribution in [-0.4, -0.2) is 87.2 Å². The van der Waals surface area contributed by atoms with Crippen LogP contribution in [0.3, 0.4) is 0 Å². The second-order valence-corrected chi connectivity index (χ2v) is 7.99. The van der Waals surface area contributed by atoms with Gasteiger partial charge in [-0.3, -0.25) is 9.89 Å². The van der Waals surface area contributed by atoms with E-state index >= 15 is 0 Å². The highest BCUT2D eigenvalue weighted by Crippen LogP contribution is 2.15. The Morgan fingerprint density at radius 2 is 1.89 bits per heavy atom. The zero-order valence-corrected chi connectivity index (χ0v) is 17.9. The van der Waals surface area contributed by atoms with Gasteiger partial charge in [0.1, 0.15) is 0 Å². The monoisotopic (exact) mass is 387 g/mol. The van der Waals surface area contributed by atoms with Crippen molar-refractivity contribution in [2.24, 2.45) is 10.9 Å². The smallest absolute Gasteiger partial charge is 0.193 e. The number of benzene rings is 1. The molecule has 3 rings (SSSR count). The van der Waals surface area contributed by atoms with E-state index in [1.165, 1.54) is 24.2 Å². The molecule has 1 aromatic rings. The molecule has 156 valence electrons. The van der Waals surface area contributed by atoms with Gasteiger partial charge in [0.25, 0.3) is 0 Å². The van der Waals surface area contributed by atoms with Gasteiger partial charge in [0.05, 0.1) is 6.61 Å². The first-order valence-corrected chi connectivity index (χ1v) is 10.7. The molecule has 2 aliphatic heterocycles. The maximum absolute atomic E-state index is 5.51. The number of nitrogens with zero attached hydrogens (tertiary/aromatic N) is 4. The molecule has 28 heavy (non-hydrogen) atoms. The zero-order valence-electron chi connectivity index (χ0n) is 17.9. The summed E-state index contributed by atoms with van der Waals surface area (Å²) in [4.78, 5) is 11.8. The molecule has 0 amide bonds. The Hall–Kier alpha value is -1.63. The van der Waals surface area contributed by atoms with E-state index in [0.29, 0.717) is 5.92 Å². The minimum absolute atomic E-state index is 0.609. The van der Waals surface area contributed by atoms with Crippen molar-refractivity contribution in [1.82, 2.24) is 20.0 Å². The van der Waals surface area contributed by atoms with Crippen LogP contribution in [0, 0.1) is 5.92 Å². The summed E-state index contributed by atoms with van der Waals surface area (Å²) in [5.74, 6) is 1.57. The van der Waals surface area contributed by atoms with Gasteiger partial charge in [0.15, 0.2) is 5.96 Å². The van der Waals surface area contributed by atoms with E-state index in [4.69, 9.17) is 4.74 Å². The number of rotatable bonds is 7. The molecule has 0 saturated carbocycles. The number of aliphatic imine (C=N–C) groups is 1. The highest BCUT2D eigenvalue weighted by Gasteiger charge is 2.20. The quantitative estimate of drug-likeness (QED) is 0.572. The number of nitrogens with one attached hydrogen (secondary N) is 1. The second kappa shape index (κ2) is 10.8. The highest BCUT2D eigenvalue weighted by molar-refractivity contribution is 5.79. The summed E-state index contributed by atoms with van der Waals surface area (Å²) in [6, 6.07) is 8.80. The van der Waals surface area contributed by atoms with Crippen LogP contribution in [0.2, 0.25) is 0 Å². The van der Waals surface area contributed by atoms with Crippen molar-refractivity contribution < 1.29 is 4.74 Å². The first-order chi connectivity index (χ1) is 13.7. The van der Waals surface area contributed by atoms with Crippen LogP contribution >= 0.6 is 0 Å². The summed E-state index contributed by atoms with van der Waals surface area (Å²) in [7, 11) is 3.98. The fourth-order valence-corrected chi connectivity index (χ4v) is 4.15. The molecule has 1 aromatic carbocycles. The van der Waals surface area contributed by atoms with Gasteiger partial charge in [0.2, 0.25) is 0 Å². The standard InChI is InChI=1S/C22H37N5O/c1-4-26-10-12-27(13-11-26)17-21-8-6-5-7-20(21)15-24-22(23-2)25(3)16-19-9-14-28-18-19/h5-8,19H,4,9-18H2,1-3H3,(H,23,24). The Kier molecular flexibility index (Phi) is 8.13. The highest BCUT2D eigenvalue weighted by atomic mass is 16.5. The molecule has 0 aromatic heterocycles. The van der Waals surface area contributed by atoms with E-state index in [9.17, 15) is 0 Å². The Morgan fingerprint density at radius 3 is 2.54 bits per heavy atom. The van der Waals surface area contributed by atoms with Gasteiger partial charge in [-0.25, -0.2) is 0 Å². The van der Waals surface area contributed by atoms with E-state index in [0.717, 1.165) is 64.9 Å². The van der Waals surface area contributed by atoms with Gasteiger partial charge >= 0.3 is 0 Å². The molecule has 0 radical (unpaired) electrons. The van der Waals surface area contributed by atoms with Crippen molar-refractivity contribution in [3.63, 3.8) is 0 Å². The van der Waals surface area contributed by atoms with E-state index in [-0.39, 0.29) is 0 Å². The second-order valence-electron chi connectivity index (χ2n) is 7.99.